The standard InChI is InChI=1S/C17H17NO3/c1-11(19)2-3-12-4-6-16-13(8-12)9-14-10-15(18(20)21)5-7-17(14)16/h4-8,10-11,19H,2-3,9H2,1H3. The SMILES string of the molecule is CC(O)CCc1ccc2c(c1)Cc1cc([N+](=O)[O-])ccc1-2. The number of fused-ring (bicyclic) bond motifs is 3. The number of nitrogens with zero attached hydrogens (tertiary/aromatic N) is 1. The molecule has 0 fully saturated rings. The van der Waals surface area contributed by atoms with E-state index in [0.29, 0.717) is 0 Å². The second kappa shape index (κ2) is 5.30. The third kappa shape index (κ3) is 2.67. The molecule has 0 bridgehead atoms. The van der Waals surface area contributed by atoms with Gasteiger partial charge in [0, 0.05) is 12.1 Å². The van der Waals surface area contributed by atoms with Crippen molar-refractivity contribution in [1.29, 1.82) is 0 Å². The van der Waals surface area contributed by atoms with Gasteiger partial charge >= 0.3 is 0 Å². The lowest BCUT2D eigenvalue weighted by Gasteiger charge is -2.07. The van der Waals surface area contributed by atoms with E-state index in [-0.39, 0.29) is 16.7 Å². The van der Waals surface area contributed by atoms with Crippen molar-refractivity contribution in [3.63, 3.8) is 0 Å². The summed E-state index contributed by atoms with van der Waals surface area (Å²) in [7, 11) is 0. The van der Waals surface area contributed by atoms with Crippen molar-refractivity contribution < 1.29 is 10.0 Å². The molecule has 0 heterocycles. The zero-order valence-electron chi connectivity index (χ0n) is 11.9. The largest absolute Gasteiger partial charge is 0.393 e. The quantitative estimate of drug-likeness (QED) is 0.589. The summed E-state index contributed by atoms with van der Waals surface area (Å²) < 4.78 is 0. The number of non-ortho nitro benzene ring substituents is 1. The second-order valence-electron chi connectivity index (χ2n) is 5.65. The van der Waals surface area contributed by atoms with Gasteiger partial charge in [-0.15, -0.1) is 0 Å². The van der Waals surface area contributed by atoms with Crippen molar-refractivity contribution in [3.05, 3.63) is 63.2 Å². The molecule has 108 valence electrons. The first-order chi connectivity index (χ1) is 10.0. The Balaban J connectivity index is 1.90. The molecule has 1 aliphatic carbocycles. The van der Waals surface area contributed by atoms with E-state index in [9.17, 15) is 15.2 Å². The molecule has 1 N–H and O–H groups in total. The number of aryl methyl sites for hydroxylation is 1. The Labute approximate surface area is 123 Å². The minimum Gasteiger partial charge on any atom is -0.393 e. The lowest BCUT2D eigenvalue weighted by molar-refractivity contribution is -0.384. The molecule has 2 aromatic carbocycles. The predicted molar refractivity (Wildman–Crippen MR) is 81.3 cm³/mol. The molecule has 1 atom stereocenters. The van der Waals surface area contributed by atoms with E-state index >= 15 is 0 Å². The molecule has 1 aliphatic rings. The fourth-order valence-corrected chi connectivity index (χ4v) is 2.90. The maximum atomic E-state index is 10.9. The number of aliphatic hydroxyl groups excluding tert-OH is 1. The van der Waals surface area contributed by atoms with Gasteiger partial charge in [-0.3, -0.25) is 10.1 Å². The number of nitro groups is 1. The summed E-state index contributed by atoms with van der Waals surface area (Å²) in [4.78, 5) is 10.5. The normalized spacial score (nSPS) is 13.6. The van der Waals surface area contributed by atoms with Crippen molar-refractivity contribution >= 4 is 5.69 Å². The van der Waals surface area contributed by atoms with Crippen LogP contribution in [0.1, 0.15) is 30.0 Å². The van der Waals surface area contributed by atoms with Gasteiger partial charge < -0.3 is 5.11 Å². The number of benzene rings is 2. The highest BCUT2D eigenvalue weighted by Crippen LogP contribution is 2.38. The molecule has 1 unspecified atom stereocenters. The van der Waals surface area contributed by atoms with E-state index < -0.39 is 0 Å². The summed E-state index contributed by atoms with van der Waals surface area (Å²) in [5.41, 5.74) is 5.85. The Kier molecular flexibility index (Phi) is 3.47. The molecule has 0 aromatic heterocycles. The van der Waals surface area contributed by atoms with Crippen LogP contribution in [0.5, 0.6) is 0 Å². The van der Waals surface area contributed by atoms with Crippen LogP contribution >= 0.6 is 0 Å². The summed E-state index contributed by atoms with van der Waals surface area (Å²) >= 11 is 0. The molecule has 0 radical (unpaired) electrons. The minimum absolute atomic E-state index is 0.149. The number of hydrogen-bond acceptors (Lipinski definition) is 3. The van der Waals surface area contributed by atoms with Gasteiger partial charge in [0.25, 0.3) is 5.69 Å². The van der Waals surface area contributed by atoms with Crippen molar-refractivity contribution in [2.75, 3.05) is 0 Å². The lowest BCUT2D eigenvalue weighted by Crippen LogP contribution is -2.01. The van der Waals surface area contributed by atoms with Crippen molar-refractivity contribution in [3.8, 4) is 11.1 Å². The molecule has 3 rings (SSSR count). The van der Waals surface area contributed by atoms with Crippen LogP contribution in [0.25, 0.3) is 11.1 Å². The van der Waals surface area contributed by atoms with Crippen LogP contribution in [-0.2, 0) is 12.8 Å². The van der Waals surface area contributed by atoms with Gasteiger partial charge in [-0.05, 0) is 60.1 Å². The molecule has 0 spiro atoms. The molecule has 0 saturated carbocycles. The fraction of sp³-hybridized carbons (Fsp3) is 0.294. The Morgan fingerprint density at radius 3 is 2.52 bits per heavy atom. The Morgan fingerprint density at radius 2 is 1.86 bits per heavy atom. The first kappa shape index (κ1) is 13.8. The van der Waals surface area contributed by atoms with Gasteiger partial charge in [-0.1, -0.05) is 18.2 Å². The monoisotopic (exact) mass is 283 g/mol. The van der Waals surface area contributed by atoms with E-state index in [1.54, 1.807) is 19.1 Å². The highest BCUT2D eigenvalue weighted by molar-refractivity contribution is 5.78. The number of hydrogen-bond donors (Lipinski definition) is 1. The average molecular weight is 283 g/mol. The summed E-state index contributed by atoms with van der Waals surface area (Å²) in [6.07, 6.45) is 2.05. The van der Waals surface area contributed by atoms with Crippen LogP contribution < -0.4 is 0 Å². The topological polar surface area (TPSA) is 63.4 Å². The van der Waals surface area contributed by atoms with E-state index in [1.807, 2.05) is 6.07 Å². The first-order valence-corrected chi connectivity index (χ1v) is 7.12. The highest BCUT2D eigenvalue weighted by atomic mass is 16.6. The Bertz CT molecular complexity index is 707. The van der Waals surface area contributed by atoms with Crippen molar-refractivity contribution in [2.24, 2.45) is 0 Å². The maximum Gasteiger partial charge on any atom is 0.269 e. The van der Waals surface area contributed by atoms with Crippen LogP contribution in [0, 0.1) is 10.1 Å². The molecule has 2 aromatic rings. The fourth-order valence-electron chi connectivity index (χ4n) is 2.90. The maximum absolute atomic E-state index is 10.9. The molecular weight excluding hydrogens is 266 g/mol. The zero-order chi connectivity index (χ0) is 15.0. The number of aliphatic hydroxyl groups is 1. The third-order valence-corrected chi connectivity index (χ3v) is 3.99. The van der Waals surface area contributed by atoms with Gasteiger partial charge in [0.2, 0.25) is 0 Å². The van der Waals surface area contributed by atoms with Crippen molar-refractivity contribution in [1.82, 2.24) is 0 Å². The molecular formula is C17H17NO3. The van der Waals surface area contributed by atoms with Crippen LogP contribution in [0.4, 0.5) is 5.69 Å². The van der Waals surface area contributed by atoms with Crippen LogP contribution in [-0.4, -0.2) is 16.1 Å². The van der Waals surface area contributed by atoms with Crippen molar-refractivity contribution in [2.45, 2.75) is 32.3 Å². The molecule has 4 heteroatoms. The van der Waals surface area contributed by atoms with Crippen LogP contribution in [0.3, 0.4) is 0 Å². The Hall–Kier alpha value is -2.20. The van der Waals surface area contributed by atoms with Crippen LogP contribution in [0.2, 0.25) is 0 Å². The van der Waals surface area contributed by atoms with Crippen LogP contribution in [0.15, 0.2) is 36.4 Å². The summed E-state index contributed by atoms with van der Waals surface area (Å²) in [5, 5.41) is 20.2. The minimum atomic E-state index is -0.350. The molecule has 0 aliphatic heterocycles. The summed E-state index contributed by atoms with van der Waals surface area (Å²) in [5.74, 6) is 0. The number of nitro benzene ring substituents is 1. The average Bonchev–Trinajstić information content (AvgIpc) is 2.81. The van der Waals surface area contributed by atoms with Gasteiger partial charge in [-0.25, -0.2) is 0 Å². The smallest absolute Gasteiger partial charge is 0.269 e. The molecule has 4 nitrogen and oxygen atoms in total. The van der Waals surface area contributed by atoms with E-state index in [2.05, 4.69) is 18.2 Å². The second-order valence-corrected chi connectivity index (χ2v) is 5.65. The molecule has 21 heavy (non-hydrogen) atoms. The summed E-state index contributed by atoms with van der Waals surface area (Å²) in [6, 6.07) is 11.4. The lowest BCUT2D eigenvalue weighted by atomic mass is 10.0. The van der Waals surface area contributed by atoms with E-state index in [0.717, 1.165) is 30.4 Å². The molecule has 0 saturated heterocycles. The first-order valence-electron chi connectivity index (χ1n) is 7.12. The third-order valence-electron chi connectivity index (χ3n) is 3.99. The highest BCUT2D eigenvalue weighted by Gasteiger charge is 2.21. The van der Waals surface area contributed by atoms with Gasteiger partial charge in [0.15, 0.2) is 0 Å². The molecule has 0 amide bonds. The van der Waals surface area contributed by atoms with Gasteiger partial charge in [0.1, 0.15) is 0 Å². The van der Waals surface area contributed by atoms with E-state index in [1.165, 1.54) is 16.7 Å². The number of rotatable bonds is 4. The van der Waals surface area contributed by atoms with Gasteiger partial charge in [0.05, 0.1) is 11.0 Å². The van der Waals surface area contributed by atoms with Gasteiger partial charge in [-0.2, -0.15) is 0 Å². The Morgan fingerprint density at radius 1 is 1.19 bits per heavy atom. The summed E-state index contributed by atoms with van der Waals surface area (Å²) in [6.45, 7) is 1.79. The zero-order valence-corrected chi connectivity index (χ0v) is 11.9. The predicted octanol–water partition coefficient (Wildman–Crippen LogP) is 3.48. The van der Waals surface area contributed by atoms with E-state index in [4.69, 9.17) is 0 Å².